The van der Waals surface area contributed by atoms with Crippen LogP contribution in [-0.4, -0.2) is 62.5 Å². The summed E-state index contributed by atoms with van der Waals surface area (Å²) in [7, 11) is 1.29. The number of nitrogens with zero attached hydrogens (tertiary/aromatic N) is 1. The first-order valence-corrected chi connectivity index (χ1v) is 5.13. The minimum atomic E-state index is -5.08. The van der Waals surface area contributed by atoms with Gasteiger partial charge in [0.2, 0.25) is 0 Å². The fourth-order valence-corrected chi connectivity index (χ4v) is 1.47. The molecular formula is C9H13F3N2O4. The summed E-state index contributed by atoms with van der Waals surface area (Å²) in [5.41, 5.74) is 0. The molecule has 1 amide bonds. The Morgan fingerprint density at radius 2 is 2.11 bits per heavy atom. The number of nitrogens with one attached hydrogen (secondary N) is 1. The molecule has 1 N–H and O–H groups in total. The van der Waals surface area contributed by atoms with Gasteiger partial charge in [-0.25, -0.2) is 4.79 Å². The average molecular weight is 270 g/mol. The largest absolute Gasteiger partial charge is 0.491 e. The van der Waals surface area contributed by atoms with E-state index < -0.39 is 24.3 Å². The van der Waals surface area contributed by atoms with Gasteiger partial charge in [0.1, 0.15) is 6.61 Å². The van der Waals surface area contributed by atoms with Gasteiger partial charge >= 0.3 is 12.1 Å². The molecule has 0 radical (unpaired) electrons. The molecule has 1 atom stereocenters. The van der Waals surface area contributed by atoms with Gasteiger partial charge < -0.3 is 19.7 Å². The molecular weight excluding hydrogens is 257 g/mol. The summed E-state index contributed by atoms with van der Waals surface area (Å²) >= 11 is 0. The lowest BCUT2D eigenvalue weighted by Gasteiger charge is -2.35. The van der Waals surface area contributed by atoms with Crippen LogP contribution in [0.5, 0.6) is 0 Å². The summed E-state index contributed by atoms with van der Waals surface area (Å²) in [6.45, 7) is 0.241. The van der Waals surface area contributed by atoms with Gasteiger partial charge in [0, 0.05) is 20.2 Å². The van der Waals surface area contributed by atoms with E-state index in [-0.39, 0.29) is 19.7 Å². The number of esters is 1. The van der Waals surface area contributed by atoms with Gasteiger partial charge in [0.15, 0.2) is 6.23 Å². The Bertz CT molecular complexity index is 321. The van der Waals surface area contributed by atoms with Crippen molar-refractivity contribution in [3.8, 4) is 0 Å². The van der Waals surface area contributed by atoms with Gasteiger partial charge in [-0.2, -0.15) is 13.2 Å². The van der Waals surface area contributed by atoms with Gasteiger partial charge in [-0.05, 0) is 0 Å². The van der Waals surface area contributed by atoms with Gasteiger partial charge in [-0.3, -0.25) is 4.79 Å². The van der Waals surface area contributed by atoms with Crippen LogP contribution in [-0.2, 0) is 19.1 Å². The lowest BCUT2D eigenvalue weighted by Crippen LogP contribution is -2.56. The number of carbonyl (C=O) groups is 2. The van der Waals surface area contributed by atoms with Crippen LogP contribution in [0.1, 0.15) is 0 Å². The SMILES string of the molecule is COCC(=O)N1CCNCC1OC(=O)C(F)(F)F. The van der Waals surface area contributed by atoms with Crippen LogP contribution in [0.3, 0.4) is 0 Å². The van der Waals surface area contributed by atoms with E-state index in [1.165, 1.54) is 7.11 Å². The minimum absolute atomic E-state index is 0.0444. The summed E-state index contributed by atoms with van der Waals surface area (Å²) in [4.78, 5) is 23.3. The molecule has 0 spiro atoms. The van der Waals surface area contributed by atoms with Crippen LogP contribution >= 0.6 is 0 Å². The molecule has 1 heterocycles. The lowest BCUT2D eigenvalue weighted by molar-refractivity contribution is -0.214. The average Bonchev–Trinajstić information content (AvgIpc) is 2.28. The zero-order valence-electron chi connectivity index (χ0n) is 9.62. The molecule has 104 valence electrons. The highest BCUT2D eigenvalue weighted by Crippen LogP contribution is 2.19. The Labute approximate surface area is 101 Å². The van der Waals surface area contributed by atoms with Crippen molar-refractivity contribution in [1.29, 1.82) is 0 Å². The fraction of sp³-hybridized carbons (Fsp3) is 0.778. The van der Waals surface area contributed by atoms with E-state index in [0.29, 0.717) is 6.54 Å². The third-order valence-corrected chi connectivity index (χ3v) is 2.26. The van der Waals surface area contributed by atoms with Crippen molar-refractivity contribution in [3.05, 3.63) is 0 Å². The quantitative estimate of drug-likeness (QED) is 0.700. The summed E-state index contributed by atoms with van der Waals surface area (Å²) < 4.78 is 45.0. The Morgan fingerprint density at radius 3 is 2.67 bits per heavy atom. The predicted molar refractivity (Wildman–Crippen MR) is 52.4 cm³/mol. The van der Waals surface area contributed by atoms with Crippen LogP contribution in [0.25, 0.3) is 0 Å². The van der Waals surface area contributed by atoms with E-state index in [2.05, 4.69) is 14.8 Å². The molecule has 0 aromatic carbocycles. The number of amides is 1. The standard InChI is InChI=1S/C9H13F3N2O4/c1-17-5-6(15)14-3-2-13-4-7(14)18-8(16)9(10,11)12/h7,13H,2-5H2,1H3. The van der Waals surface area contributed by atoms with Crippen molar-refractivity contribution in [2.45, 2.75) is 12.4 Å². The van der Waals surface area contributed by atoms with E-state index in [9.17, 15) is 22.8 Å². The Hall–Kier alpha value is -1.35. The molecule has 0 aromatic rings. The van der Waals surface area contributed by atoms with E-state index >= 15 is 0 Å². The number of carbonyl (C=O) groups excluding carboxylic acids is 2. The molecule has 9 heteroatoms. The first kappa shape index (κ1) is 14.7. The van der Waals surface area contributed by atoms with Crippen LogP contribution in [0.15, 0.2) is 0 Å². The van der Waals surface area contributed by atoms with E-state index in [1.54, 1.807) is 0 Å². The van der Waals surface area contributed by atoms with Gasteiger partial charge in [0.25, 0.3) is 5.91 Å². The van der Waals surface area contributed by atoms with Crippen LogP contribution in [0.2, 0.25) is 0 Å². The van der Waals surface area contributed by atoms with Crippen molar-refractivity contribution in [1.82, 2.24) is 10.2 Å². The molecule has 6 nitrogen and oxygen atoms in total. The van der Waals surface area contributed by atoms with E-state index in [4.69, 9.17) is 0 Å². The second kappa shape index (κ2) is 6.01. The maximum atomic E-state index is 12.1. The Kier molecular flexibility index (Phi) is 4.91. The maximum absolute atomic E-state index is 12.1. The second-order valence-electron chi connectivity index (χ2n) is 3.58. The molecule has 1 aliphatic rings. The molecule has 1 aliphatic heterocycles. The minimum Gasteiger partial charge on any atom is -0.433 e. The molecule has 0 bridgehead atoms. The van der Waals surface area contributed by atoms with Crippen molar-refractivity contribution in [3.63, 3.8) is 0 Å². The first-order valence-electron chi connectivity index (χ1n) is 5.13. The summed E-state index contributed by atoms with van der Waals surface area (Å²) in [5.74, 6) is -2.84. The lowest BCUT2D eigenvalue weighted by atomic mass is 10.3. The molecule has 1 saturated heterocycles. The van der Waals surface area contributed by atoms with Crippen LogP contribution < -0.4 is 5.32 Å². The molecule has 1 fully saturated rings. The highest BCUT2D eigenvalue weighted by molar-refractivity contribution is 5.79. The smallest absolute Gasteiger partial charge is 0.433 e. The number of piperazine rings is 1. The van der Waals surface area contributed by atoms with Crippen molar-refractivity contribution < 1.29 is 32.2 Å². The molecule has 0 aromatic heterocycles. The molecule has 0 saturated carbocycles. The van der Waals surface area contributed by atoms with Gasteiger partial charge in [0.05, 0.1) is 6.54 Å². The zero-order chi connectivity index (χ0) is 13.8. The van der Waals surface area contributed by atoms with E-state index in [0.717, 1.165) is 4.90 Å². The Balaban J connectivity index is 2.65. The van der Waals surface area contributed by atoms with Gasteiger partial charge in [-0.15, -0.1) is 0 Å². The summed E-state index contributed by atoms with van der Waals surface area (Å²) in [6.07, 6.45) is -6.34. The third kappa shape index (κ3) is 3.84. The van der Waals surface area contributed by atoms with Crippen molar-refractivity contribution >= 4 is 11.9 Å². The zero-order valence-corrected chi connectivity index (χ0v) is 9.62. The van der Waals surface area contributed by atoms with Crippen LogP contribution in [0, 0.1) is 0 Å². The van der Waals surface area contributed by atoms with Gasteiger partial charge in [-0.1, -0.05) is 0 Å². The number of alkyl halides is 3. The number of halogens is 3. The normalized spacial score (nSPS) is 20.7. The number of ether oxygens (including phenoxy) is 2. The number of rotatable bonds is 3. The summed E-state index contributed by atoms with van der Waals surface area (Å²) in [5, 5.41) is 2.74. The molecule has 1 unspecified atom stereocenters. The van der Waals surface area contributed by atoms with Crippen molar-refractivity contribution in [2.75, 3.05) is 33.4 Å². The van der Waals surface area contributed by atoms with Crippen LogP contribution in [0.4, 0.5) is 13.2 Å². The molecule has 18 heavy (non-hydrogen) atoms. The highest BCUT2D eigenvalue weighted by atomic mass is 19.4. The Morgan fingerprint density at radius 1 is 1.44 bits per heavy atom. The molecule has 1 rings (SSSR count). The first-order chi connectivity index (χ1) is 8.36. The maximum Gasteiger partial charge on any atom is 0.491 e. The molecule has 0 aliphatic carbocycles. The van der Waals surface area contributed by atoms with E-state index in [1.807, 2.05) is 0 Å². The highest BCUT2D eigenvalue weighted by Gasteiger charge is 2.44. The topological polar surface area (TPSA) is 67.9 Å². The monoisotopic (exact) mass is 270 g/mol. The third-order valence-electron chi connectivity index (χ3n) is 2.26. The number of hydrogen-bond acceptors (Lipinski definition) is 5. The summed E-state index contributed by atoms with van der Waals surface area (Å²) in [6, 6.07) is 0. The fourth-order valence-electron chi connectivity index (χ4n) is 1.47. The number of methoxy groups -OCH3 is 1. The number of hydrogen-bond donors (Lipinski definition) is 1. The second-order valence-corrected chi connectivity index (χ2v) is 3.58. The predicted octanol–water partition coefficient (Wildman–Crippen LogP) is -0.504. The van der Waals surface area contributed by atoms with Crippen molar-refractivity contribution in [2.24, 2.45) is 0 Å².